The summed E-state index contributed by atoms with van der Waals surface area (Å²) in [6.45, 7) is 9.13. The molecule has 0 bridgehead atoms. The van der Waals surface area contributed by atoms with Crippen molar-refractivity contribution in [3.05, 3.63) is 69.5 Å². The maximum Gasteiger partial charge on any atom is 0.341 e. The zero-order valence-corrected chi connectivity index (χ0v) is 23.3. The minimum absolute atomic E-state index is 0.280. The number of carboxylic acids is 1. The van der Waals surface area contributed by atoms with Crippen molar-refractivity contribution in [1.29, 1.82) is 0 Å². The zero-order chi connectivity index (χ0) is 27.1. The number of rotatable bonds is 6. The summed E-state index contributed by atoms with van der Waals surface area (Å²) in [5.41, 5.74) is 3.14. The Morgan fingerprint density at radius 3 is 2.46 bits per heavy atom. The number of nitrogens with zero attached hydrogens (tertiary/aromatic N) is 5. The fourth-order valence-corrected chi connectivity index (χ4v) is 6.80. The molecule has 0 aliphatic carbocycles. The van der Waals surface area contributed by atoms with Crippen LogP contribution in [0.5, 0.6) is 0 Å². The molecule has 2 aromatic heterocycles. The summed E-state index contributed by atoms with van der Waals surface area (Å²) in [6.07, 6.45) is 3.70. The number of piperazine rings is 1. The van der Waals surface area contributed by atoms with Crippen LogP contribution >= 0.6 is 22.9 Å². The third-order valence-electron chi connectivity index (χ3n) is 7.70. The van der Waals surface area contributed by atoms with Crippen molar-refractivity contribution in [2.24, 2.45) is 0 Å². The number of carboxylic acid groups (broad SMARTS) is 1. The molecule has 4 heterocycles. The third kappa shape index (κ3) is 5.02. The number of likely N-dealkylation sites (N-methyl/N-ethyl adjacent to an activating group) is 1. The highest BCUT2D eigenvalue weighted by Crippen LogP contribution is 2.35. The van der Waals surface area contributed by atoms with E-state index in [4.69, 9.17) is 16.6 Å². The standard InChI is InChI=1S/C29H30ClN5O3S/c1-2-32-11-13-34(14-12-32)29-31-23-7-6-20(16-27(23)39-29)35-18-21(28(37)38)26(36)17-25(35)19-5-8-24(22(30)15-19)33-9-3-4-10-33/h5-8,15-18H,2-4,9-14H2,1H3,(H,37,38). The number of hydrogen-bond acceptors (Lipinski definition) is 7. The summed E-state index contributed by atoms with van der Waals surface area (Å²) in [5, 5.41) is 11.3. The van der Waals surface area contributed by atoms with E-state index in [2.05, 4.69) is 21.6 Å². The fraction of sp³-hybridized carbons (Fsp3) is 0.345. The second kappa shape index (κ2) is 10.6. The van der Waals surface area contributed by atoms with E-state index >= 15 is 0 Å². The Balaban J connectivity index is 1.41. The van der Waals surface area contributed by atoms with Gasteiger partial charge in [-0.1, -0.05) is 35.9 Å². The molecule has 0 amide bonds. The number of halogens is 1. The quantitative estimate of drug-likeness (QED) is 0.345. The van der Waals surface area contributed by atoms with Crippen LogP contribution in [0.25, 0.3) is 27.2 Å². The smallest absolute Gasteiger partial charge is 0.341 e. The molecule has 0 spiro atoms. The van der Waals surface area contributed by atoms with Crippen LogP contribution in [0.4, 0.5) is 10.8 Å². The molecule has 0 unspecified atom stereocenters. The maximum absolute atomic E-state index is 12.8. The van der Waals surface area contributed by atoms with E-state index in [1.807, 2.05) is 36.4 Å². The van der Waals surface area contributed by atoms with Crippen molar-refractivity contribution in [2.75, 3.05) is 55.6 Å². The Bertz CT molecular complexity index is 1600. The van der Waals surface area contributed by atoms with Gasteiger partial charge in [0, 0.05) is 62.8 Å². The minimum atomic E-state index is -1.25. The number of fused-ring (bicyclic) bond motifs is 1. The second-order valence-corrected chi connectivity index (χ2v) is 11.5. The van der Waals surface area contributed by atoms with Gasteiger partial charge in [0.25, 0.3) is 0 Å². The Labute approximate surface area is 235 Å². The highest BCUT2D eigenvalue weighted by atomic mass is 35.5. The summed E-state index contributed by atoms with van der Waals surface area (Å²) in [4.78, 5) is 36.6. The summed E-state index contributed by atoms with van der Waals surface area (Å²) >= 11 is 8.35. The van der Waals surface area contributed by atoms with Crippen molar-refractivity contribution in [3.63, 3.8) is 0 Å². The number of aromatic carboxylic acids is 1. The van der Waals surface area contributed by atoms with Crippen LogP contribution in [0.15, 0.2) is 53.5 Å². The van der Waals surface area contributed by atoms with E-state index in [9.17, 15) is 14.7 Å². The first-order chi connectivity index (χ1) is 18.9. The van der Waals surface area contributed by atoms with Crippen molar-refractivity contribution in [1.82, 2.24) is 14.5 Å². The van der Waals surface area contributed by atoms with Crippen LogP contribution in [-0.2, 0) is 0 Å². The fourth-order valence-electron chi connectivity index (χ4n) is 5.45. The molecule has 0 atom stereocenters. The lowest BCUT2D eigenvalue weighted by atomic mass is 10.1. The van der Waals surface area contributed by atoms with Crippen LogP contribution in [0.2, 0.25) is 5.02 Å². The van der Waals surface area contributed by atoms with Gasteiger partial charge in [-0.15, -0.1) is 0 Å². The van der Waals surface area contributed by atoms with Gasteiger partial charge in [-0.3, -0.25) is 4.79 Å². The van der Waals surface area contributed by atoms with E-state index in [0.717, 1.165) is 90.9 Å². The Kier molecular flexibility index (Phi) is 7.05. The van der Waals surface area contributed by atoms with Gasteiger partial charge in [0.05, 0.1) is 26.6 Å². The second-order valence-electron chi connectivity index (χ2n) is 10.0. The number of thiazole rings is 1. The summed E-state index contributed by atoms with van der Waals surface area (Å²) in [5.74, 6) is -1.25. The van der Waals surface area contributed by atoms with Crippen molar-refractivity contribution in [3.8, 4) is 16.9 Å². The number of aromatic nitrogens is 2. The van der Waals surface area contributed by atoms with Crippen LogP contribution < -0.4 is 15.2 Å². The normalized spacial score (nSPS) is 16.4. The Morgan fingerprint density at radius 2 is 1.77 bits per heavy atom. The molecule has 2 aromatic carbocycles. The predicted octanol–water partition coefficient (Wildman–Crippen LogP) is 5.21. The van der Waals surface area contributed by atoms with E-state index in [1.165, 1.54) is 12.3 Å². The molecule has 4 aromatic rings. The molecule has 2 saturated heterocycles. The van der Waals surface area contributed by atoms with Crippen LogP contribution in [0.3, 0.4) is 0 Å². The van der Waals surface area contributed by atoms with Crippen molar-refractivity contribution >= 4 is 49.9 Å². The molecule has 2 fully saturated rings. The Hall–Kier alpha value is -3.40. The number of benzene rings is 2. The van der Waals surface area contributed by atoms with E-state index in [1.54, 1.807) is 15.9 Å². The molecule has 202 valence electrons. The van der Waals surface area contributed by atoms with Gasteiger partial charge in [-0.05, 0) is 49.7 Å². The van der Waals surface area contributed by atoms with Gasteiger partial charge in [0.1, 0.15) is 5.56 Å². The van der Waals surface area contributed by atoms with Crippen molar-refractivity contribution in [2.45, 2.75) is 19.8 Å². The molecular weight excluding hydrogens is 534 g/mol. The average Bonchev–Trinajstić information content (AvgIpc) is 3.63. The number of anilines is 2. The molecule has 1 N–H and O–H groups in total. The molecule has 2 aliphatic rings. The van der Waals surface area contributed by atoms with Crippen LogP contribution in [0.1, 0.15) is 30.1 Å². The van der Waals surface area contributed by atoms with Gasteiger partial charge < -0.3 is 24.4 Å². The van der Waals surface area contributed by atoms with Gasteiger partial charge in [-0.25, -0.2) is 9.78 Å². The zero-order valence-electron chi connectivity index (χ0n) is 21.8. The summed E-state index contributed by atoms with van der Waals surface area (Å²) in [6, 6.07) is 13.1. The molecule has 10 heteroatoms. The van der Waals surface area contributed by atoms with Crippen LogP contribution in [-0.4, -0.2) is 71.3 Å². The number of hydrogen-bond donors (Lipinski definition) is 1. The van der Waals surface area contributed by atoms with Gasteiger partial charge in [-0.2, -0.15) is 0 Å². The molecule has 8 nitrogen and oxygen atoms in total. The number of carbonyl (C=O) groups is 1. The first-order valence-corrected chi connectivity index (χ1v) is 14.5. The highest BCUT2D eigenvalue weighted by Gasteiger charge is 2.21. The van der Waals surface area contributed by atoms with E-state index < -0.39 is 11.4 Å². The molecule has 2 aliphatic heterocycles. The molecule has 6 rings (SSSR count). The monoisotopic (exact) mass is 563 g/mol. The van der Waals surface area contributed by atoms with Gasteiger partial charge in [0.15, 0.2) is 10.6 Å². The predicted molar refractivity (Wildman–Crippen MR) is 158 cm³/mol. The highest BCUT2D eigenvalue weighted by molar-refractivity contribution is 7.22. The van der Waals surface area contributed by atoms with E-state index in [0.29, 0.717) is 10.7 Å². The third-order valence-corrected chi connectivity index (χ3v) is 9.08. The lowest BCUT2D eigenvalue weighted by Crippen LogP contribution is -2.46. The SMILES string of the molecule is CCN1CCN(c2nc3ccc(-n4cc(C(=O)O)c(=O)cc4-c4ccc(N5CCCC5)c(Cl)c4)cc3s2)CC1. The first kappa shape index (κ1) is 25.9. The molecule has 0 saturated carbocycles. The largest absolute Gasteiger partial charge is 0.477 e. The lowest BCUT2D eigenvalue weighted by Gasteiger charge is -2.33. The minimum Gasteiger partial charge on any atom is -0.477 e. The van der Waals surface area contributed by atoms with E-state index in [-0.39, 0.29) is 5.56 Å². The lowest BCUT2D eigenvalue weighted by molar-refractivity contribution is 0.0695. The van der Waals surface area contributed by atoms with Gasteiger partial charge in [0.2, 0.25) is 0 Å². The van der Waals surface area contributed by atoms with Gasteiger partial charge >= 0.3 is 5.97 Å². The maximum atomic E-state index is 12.8. The van der Waals surface area contributed by atoms with Crippen LogP contribution in [0, 0.1) is 0 Å². The van der Waals surface area contributed by atoms with Crippen molar-refractivity contribution < 1.29 is 9.90 Å². The summed E-state index contributed by atoms with van der Waals surface area (Å²) in [7, 11) is 0. The average molecular weight is 564 g/mol. The topological polar surface area (TPSA) is 81.9 Å². The molecular formula is C29H30ClN5O3S. The number of pyridine rings is 1. The molecule has 0 radical (unpaired) electrons. The Morgan fingerprint density at radius 1 is 1.00 bits per heavy atom. The first-order valence-electron chi connectivity index (χ1n) is 13.3. The molecule has 39 heavy (non-hydrogen) atoms. The summed E-state index contributed by atoms with van der Waals surface area (Å²) < 4.78 is 2.77.